The SMILES string of the molecule is CN(c1ccc(OCC(=O)Nc2ccc3c(c2)OC(F)(F)O3)cc1)S(=O)(=O)c1cccs1. The topological polar surface area (TPSA) is 94.2 Å². The summed E-state index contributed by atoms with van der Waals surface area (Å²) < 4.78 is 66.7. The van der Waals surface area contributed by atoms with Crippen molar-refractivity contribution in [3.8, 4) is 17.2 Å². The molecule has 1 amide bonds. The van der Waals surface area contributed by atoms with Crippen molar-refractivity contribution >= 4 is 38.6 Å². The fourth-order valence-corrected chi connectivity index (χ4v) is 5.17. The van der Waals surface area contributed by atoms with Gasteiger partial charge in [0.1, 0.15) is 9.96 Å². The molecule has 0 saturated carbocycles. The lowest BCUT2D eigenvalue weighted by atomic mass is 10.3. The maximum absolute atomic E-state index is 13.1. The number of benzene rings is 2. The predicted molar refractivity (Wildman–Crippen MR) is 113 cm³/mol. The molecule has 8 nitrogen and oxygen atoms in total. The lowest BCUT2D eigenvalue weighted by Gasteiger charge is -2.18. The number of halogens is 2. The van der Waals surface area contributed by atoms with Gasteiger partial charge in [0, 0.05) is 18.8 Å². The number of rotatable bonds is 7. The van der Waals surface area contributed by atoms with E-state index in [0.717, 1.165) is 15.6 Å². The van der Waals surface area contributed by atoms with Crippen LogP contribution in [0, 0.1) is 0 Å². The lowest BCUT2D eigenvalue weighted by Crippen LogP contribution is -2.26. The maximum Gasteiger partial charge on any atom is 0.586 e. The van der Waals surface area contributed by atoms with Crippen LogP contribution in [0.15, 0.2) is 64.2 Å². The second-order valence-corrected chi connectivity index (χ2v) is 9.71. The Morgan fingerprint density at radius 1 is 1.12 bits per heavy atom. The van der Waals surface area contributed by atoms with Crippen LogP contribution in [0.3, 0.4) is 0 Å². The molecule has 3 aromatic rings. The Hall–Kier alpha value is -3.38. The number of nitrogens with one attached hydrogen (secondary N) is 1. The van der Waals surface area contributed by atoms with E-state index in [9.17, 15) is 22.0 Å². The molecular formula is C20H16F2N2O6S2. The van der Waals surface area contributed by atoms with Gasteiger partial charge in [-0.2, -0.15) is 0 Å². The first-order valence-electron chi connectivity index (χ1n) is 9.09. The summed E-state index contributed by atoms with van der Waals surface area (Å²) >= 11 is 1.12. The van der Waals surface area contributed by atoms with Gasteiger partial charge in [-0.1, -0.05) is 6.07 Å². The third-order valence-corrected chi connectivity index (χ3v) is 7.52. The first kappa shape index (κ1) is 21.8. The van der Waals surface area contributed by atoms with E-state index in [1.807, 2.05) is 0 Å². The van der Waals surface area contributed by atoms with Gasteiger partial charge in [-0.05, 0) is 47.8 Å². The molecule has 4 rings (SSSR count). The van der Waals surface area contributed by atoms with E-state index in [1.54, 1.807) is 23.6 Å². The summed E-state index contributed by atoms with van der Waals surface area (Å²) in [5.74, 6) is -0.505. The van der Waals surface area contributed by atoms with Crippen molar-refractivity contribution < 1.29 is 36.2 Å². The van der Waals surface area contributed by atoms with Gasteiger partial charge >= 0.3 is 6.29 Å². The van der Waals surface area contributed by atoms with E-state index in [1.165, 1.54) is 43.4 Å². The van der Waals surface area contributed by atoms with Gasteiger partial charge in [0.05, 0.1) is 5.69 Å². The van der Waals surface area contributed by atoms with Crippen LogP contribution in [-0.2, 0) is 14.8 Å². The fourth-order valence-electron chi connectivity index (χ4n) is 2.81. The molecule has 0 unspecified atom stereocenters. The van der Waals surface area contributed by atoms with Crippen LogP contribution in [-0.4, -0.2) is 34.3 Å². The third kappa shape index (κ3) is 4.60. The van der Waals surface area contributed by atoms with E-state index in [2.05, 4.69) is 14.8 Å². The molecule has 1 aromatic heterocycles. The number of carbonyl (C=O) groups is 1. The molecule has 0 bridgehead atoms. The molecule has 32 heavy (non-hydrogen) atoms. The summed E-state index contributed by atoms with van der Waals surface area (Å²) in [6.45, 7) is -0.354. The van der Waals surface area contributed by atoms with Crippen molar-refractivity contribution in [2.24, 2.45) is 0 Å². The molecule has 2 aromatic carbocycles. The lowest BCUT2D eigenvalue weighted by molar-refractivity contribution is -0.286. The number of thiophene rings is 1. The smallest absolute Gasteiger partial charge is 0.484 e. The Morgan fingerprint density at radius 2 is 1.84 bits per heavy atom. The van der Waals surface area contributed by atoms with Gasteiger partial charge in [0.2, 0.25) is 0 Å². The number of carbonyl (C=O) groups excluding carboxylic acids is 1. The fraction of sp³-hybridized carbons (Fsp3) is 0.150. The average Bonchev–Trinajstić information content (AvgIpc) is 3.39. The Labute approximate surface area is 186 Å². The van der Waals surface area contributed by atoms with Gasteiger partial charge < -0.3 is 19.5 Å². The molecule has 0 aliphatic carbocycles. The molecule has 168 valence electrons. The van der Waals surface area contributed by atoms with Crippen molar-refractivity contribution in [1.29, 1.82) is 0 Å². The highest BCUT2D eigenvalue weighted by Gasteiger charge is 2.43. The minimum Gasteiger partial charge on any atom is -0.484 e. The van der Waals surface area contributed by atoms with E-state index < -0.39 is 22.2 Å². The highest BCUT2D eigenvalue weighted by atomic mass is 32.2. The van der Waals surface area contributed by atoms with E-state index in [-0.39, 0.29) is 28.0 Å². The van der Waals surface area contributed by atoms with Crippen LogP contribution < -0.4 is 23.8 Å². The normalized spacial score (nSPS) is 14.1. The van der Waals surface area contributed by atoms with Crippen LogP contribution in [0.1, 0.15) is 0 Å². The van der Waals surface area contributed by atoms with Crippen LogP contribution >= 0.6 is 11.3 Å². The molecule has 0 atom stereocenters. The van der Waals surface area contributed by atoms with Crippen molar-refractivity contribution in [2.75, 3.05) is 23.3 Å². The standard InChI is InChI=1S/C20H16F2N2O6S2/c1-24(32(26,27)19-3-2-10-31-19)14-5-7-15(8-6-14)28-12-18(25)23-13-4-9-16-17(11-13)30-20(21,22)29-16/h2-11H,12H2,1H3,(H,23,25). The summed E-state index contributed by atoms with van der Waals surface area (Å²) in [6.07, 6.45) is -3.74. The van der Waals surface area contributed by atoms with Crippen LogP contribution in [0.5, 0.6) is 17.2 Å². The molecule has 12 heteroatoms. The molecule has 1 N–H and O–H groups in total. The first-order chi connectivity index (χ1) is 15.1. The largest absolute Gasteiger partial charge is 0.586 e. The Balaban J connectivity index is 1.33. The number of nitrogens with zero attached hydrogens (tertiary/aromatic N) is 1. The van der Waals surface area contributed by atoms with E-state index in [4.69, 9.17) is 4.74 Å². The Bertz CT molecular complexity index is 1230. The summed E-state index contributed by atoms with van der Waals surface area (Å²) in [5.41, 5.74) is 0.654. The maximum atomic E-state index is 13.1. The number of fused-ring (bicyclic) bond motifs is 1. The molecule has 1 aliphatic heterocycles. The molecule has 0 fully saturated rings. The van der Waals surface area contributed by atoms with Crippen molar-refractivity contribution in [3.63, 3.8) is 0 Å². The zero-order valence-electron chi connectivity index (χ0n) is 16.4. The summed E-state index contributed by atoms with van der Waals surface area (Å²) in [5, 5.41) is 4.19. The Morgan fingerprint density at radius 3 is 2.53 bits per heavy atom. The second-order valence-electron chi connectivity index (χ2n) is 6.56. The van der Waals surface area contributed by atoms with Gasteiger partial charge in [0.15, 0.2) is 18.1 Å². The summed E-state index contributed by atoms with van der Waals surface area (Å²) in [6, 6.07) is 13.2. The summed E-state index contributed by atoms with van der Waals surface area (Å²) in [4.78, 5) is 12.1. The zero-order chi connectivity index (χ0) is 22.9. The second kappa shape index (κ2) is 8.28. The highest BCUT2D eigenvalue weighted by molar-refractivity contribution is 7.94. The van der Waals surface area contributed by atoms with Crippen molar-refractivity contribution in [1.82, 2.24) is 0 Å². The molecule has 0 spiro atoms. The van der Waals surface area contributed by atoms with E-state index >= 15 is 0 Å². The number of alkyl halides is 2. The Kier molecular flexibility index (Phi) is 5.65. The minimum absolute atomic E-state index is 0.129. The molecule has 0 saturated heterocycles. The number of amides is 1. The average molecular weight is 482 g/mol. The molecule has 2 heterocycles. The monoisotopic (exact) mass is 482 g/mol. The van der Waals surface area contributed by atoms with Gasteiger partial charge in [-0.15, -0.1) is 20.1 Å². The molecular weight excluding hydrogens is 466 g/mol. The molecule has 0 radical (unpaired) electrons. The van der Waals surface area contributed by atoms with E-state index in [0.29, 0.717) is 11.4 Å². The number of hydrogen-bond acceptors (Lipinski definition) is 7. The van der Waals surface area contributed by atoms with Crippen molar-refractivity contribution in [3.05, 3.63) is 60.0 Å². The van der Waals surface area contributed by atoms with Gasteiger partial charge in [-0.25, -0.2) is 8.42 Å². The zero-order valence-corrected chi connectivity index (χ0v) is 18.1. The highest BCUT2D eigenvalue weighted by Crippen LogP contribution is 2.42. The number of ether oxygens (including phenoxy) is 3. The minimum atomic E-state index is -3.74. The third-order valence-electron chi connectivity index (χ3n) is 4.37. The van der Waals surface area contributed by atoms with Crippen molar-refractivity contribution in [2.45, 2.75) is 10.5 Å². The number of sulfonamides is 1. The van der Waals surface area contributed by atoms with Crippen LogP contribution in [0.25, 0.3) is 0 Å². The van der Waals surface area contributed by atoms with Crippen LogP contribution in [0.2, 0.25) is 0 Å². The number of anilines is 2. The van der Waals surface area contributed by atoms with Gasteiger partial charge in [0.25, 0.3) is 15.9 Å². The van der Waals surface area contributed by atoms with Gasteiger partial charge in [-0.3, -0.25) is 9.10 Å². The summed E-state index contributed by atoms with van der Waals surface area (Å²) in [7, 11) is -2.21. The predicted octanol–water partition coefficient (Wildman–Crippen LogP) is 3.91. The quantitative estimate of drug-likeness (QED) is 0.549. The number of hydrogen-bond donors (Lipinski definition) is 1. The van der Waals surface area contributed by atoms with Crippen LogP contribution in [0.4, 0.5) is 20.2 Å². The molecule has 1 aliphatic rings. The first-order valence-corrected chi connectivity index (χ1v) is 11.4.